The molecule has 0 unspecified atom stereocenters. The highest BCUT2D eigenvalue weighted by Crippen LogP contribution is 2.26. The smallest absolute Gasteiger partial charge is 0.134 e. The van der Waals surface area contributed by atoms with Crippen molar-refractivity contribution in [3.8, 4) is 0 Å². The van der Waals surface area contributed by atoms with E-state index in [1.54, 1.807) is 6.33 Å². The standard InChI is InChI=1S/C10H16N4O/c1-7-4-8-9(11-2-3-15)13-6-14-10(8)12-5-7/h6-7,15H,2-5H2,1H3,(H2,11,12,13,14)/t7-/m1/s1. The van der Waals surface area contributed by atoms with Crippen LogP contribution in [0.25, 0.3) is 0 Å². The molecule has 1 aliphatic heterocycles. The Morgan fingerprint density at radius 2 is 2.47 bits per heavy atom. The van der Waals surface area contributed by atoms with Crippen LogP contribution in [0.1, 0.15) is 12.5 Å². The molecule has 1 atom stereocenters. The van der Waals surface area contributed by atoms with Crippen molar-refractivity contribution < 1.29 is 5.11 Å². The van der Waals surface area contributed by atoms with Crippen LogP contribution in [0, 0.1) is 5.92 Å². The molecule has 3 N–H and O–H groups in total. The third-order valence-electron chi connectivity index (χ3n) is 2.52. The van der Waals surface area contributed by atoms with Crippen molar-refractivity contribution in [1.82, 2.24) is 9.97 Å². The number of anilines is 2. The minimum absolute atomic E-state index is 0.113. The maximum Gasteiger partial charge on any atom is 0.134 e. The Morgan fingerprint density at radius 3 is 3.27 bits per heavy atom. The number of hydrogen-bond donors (Lipinski definition) is 3. The average molecular weight is 208 g/mol. The van der Waals surface area contributed by atoms with Gasteiger partial charge < -0.3 is 15.7 Å². The topological polar surface area (TPSA) is 70.1 Å². The van der Waals surface area contributed by atoms with Gasteiger partial charge in [-0.25, -0.2) is 9.97 Å². The van der Waals surface area contributed by atoms with Gasteiger partial charge in [0.25, 0.3) is 0 Å². The van der Waals surface area contributed by atoms with Crippen molar-refractivity contribution in [2.45, 2.75) is 13.3 Å². The third kappa shape index (κ3) is 2.18. The minimum atomic E-state index is 0.113. The zero-order valence-corrected chi connectivity index (χ0v) is 8.82. The Balaban J connectivity index is 2.23. The van der Waals surface area contributed by atoms with E-state index >= 15 is 0 Å². The molecule has 0 fully saturated rings. The molecule has 1 aromatic heterocycles. The van der Waals surface area contributed by atoms with Crippen LogP contribution in [-0.4, -0.2) is 34.8 Å². The fourth-order valence-corrected chi connectivity index (χ4v) is 1.78. The van der Waals surface area contributed by atoms with Gasteiger partial charge in [0.1, 0.15) is 18.0 Å². The first kappa shape index (κ1) is 10.2. The average Bonchev–Trinajstić information content (AvgIpc) is 2.26. The number of rotatable bonds is 3. The van der Waals surface area contributed by atoms with Crippen LogP contribution in [-0.2, 0) is 6.42 Å². The SMILES string of the molecule is C[C@H]1CNc2ncnc(NCCO)c2C1. The molecule has 0 amide bonds. The van der Waals surface area contributed by atoms with Crippen LogP contribution >= 0.6 is 0 Å². The van der Waals surface area contributed by atoms with E-state index in [1.165, 1.54) is 0 Å². The van der Waals surface area contributed by atoms with E-state index in [0.29, 0.717) is 12.5 Å². The maximum absolute atomic E-state index is 8.76. The van der Waals surface area contributed by atoms with Gasteiger partial charge in [-0.2, -0.15) is 0 Å². The summed E-state index contributed by atoms with van der Waals surface area (Å²) in [5.74, 6) is 2.36. The van der Waals surface area contributed by atoms with Crippen LogP contribution < -0.4 is 10.6 Å². The number of aliphatic hydroxyl groups excluding tert-OH is 1. The van der Waals surface area contributed by atoms with Crippen LogP contribution in [0.15, 0.2) is 6.33 Å². The molecule has 5 heteroatoms. The van der Waals surface area contributed by atoms with Gasteiger partial charge in [0.15, 0.2) is 0 Å². The fraction of sp³-hybridized carbons (Fsp3) is 0.600. The monoisotopic (exact) mass is 208 g/mol. The summed E-state index contributed by atoms with van der Waals surface area (Å²) in [6, 6.07) is 0. The molecule has 0 aliphatic carbocycles. The van der Waals surface area contributed by atoms with Crippen molar-refractivity contribution in [1.29, 1.82) is 0 Å². The number of aromatic nitrogens is 2. The summed E-state index contributed by atoms with van der Waals surface area (Å²) in [7, 11) is 0. The zero-order chi connectivity index (χ0) is 10.7. The highest BCUT2D eigenvalue weighted by atomic mass is 16.3. The summed E-state index contributed by atoms with van der Waals surface area (Å²) >= 11 is 0. The predicted molar refractivity (Wildman–Crippen MR) is 59.0 cm³/mol. The Labute approximate surface area is 88.9 Å². The van der Waals surface area contributed by atoms with Crippen molar-refractivity contribution >= 4 is 11.6 Å². The second-order valence-corrected chi connectivity index (χ2v) is 3.89. The first-order valence-electron chi connectivity index (χ1n) is 5.23. The van der Waals surface area contributed by atoms with E-state index in [2.05, 4.69) is 27.5 Å². The van der Waals surface area contributed by atoms with E-state index in [9.17, 15) is 0 Å². The van der Waals surface area contributed by atoms with Gasteiger partial charge in [-0.1, -0.05) is 6.92 Å². The van der Waals surface area contributed by atoms with Gasteiger partial charge >= 0.3 is 0 Å². The van der Waals surface area contributed by atoms with E-state index in [1.807, 2.05) is 0 Å². The van der Waals surface area contributed by atoms with E-state index in [0.717, 1.165) is 30.2 Å². The fourth-order valence-electron chi connectivity index (χ4n) is 1.78. The molecule has 0 spiro atoms. The molecule has 15 heavy (non-hydrogen) atoms. The normalized spacial score (nSPS) is 19.2. The molecule has 0 bridgehead atoms. The van der Waals surface area contributed by atoms with Gasteiger partial charge in [0, 0.05) is 18.7 Å². The molecular formula is C10H16N4O. The van der Waals surface area contributed by atoms with Crippen molar-refractivity contribution in [3.05, 3.63) is 11.9 Å². The number of hydrogen-bond acceptors (Lipinski definition) is 5. The van der Waals surface area contributed by atoms with E-state index in [-0.39, 0.29) is 6.61 Å². The Bertz CT molecular complexity index is 342. The van der Waals surface area contributed by atoms with E-state index < -0.39 is 0 Å². The van der Waals surface area contributed by atoms with E-state index in [4.69, 9.17) is 5.11 Å². The molecule has 5 nitrogen and oxygen atoms in total. The number of aliphatic hydroxyl groups is 1. The lowest BCUT2D eigenvalue weighted by Crippen LogP contribution is -2.23. The summed E-state index contributed by atoms with van der Waals surface area (Å²) in [6.45, 7) is 3.79. The Hall–Kier alpha value is -1.36. The zero-order valence-electron chi connectivity index (χ0n) is 8.82. The largest absolute Gasteiger partial charge is 0.395 e. The molecule has 0 radical (unpaired) electrons. The lowest BCUT2D eigenvalue weighted by atomic mass is 9.98. The highest BCUT2D eigenvalue weighted by molar-refractivity contribution is 5.58. The van der Waals surface area contributed by atoms with Gasteiger partial charge in [0.05, 0.1) is 6.61 Å². The van der Waals surface area contributed by atoms with Crippen LogP contribution in [0.3, 0.4) is 0 Å². The summed E-state index contributed by atoms with van der Waals surface area (Å²) in [6.07, 6.45) is 2.53. The summed E-state index contributed by atoms with van der Waals surface area (Å²) < 4.78 is 0. The third-order valence-corrected chi connectivity index (χ3v) is 2.52. The Kier molecular flexibility index (Phi) is 3.01. The Morgan fingerprint density at radius 1 is 1.60 bits per heavy atom. The molecule has 0 aromatic carbocycles. The maximum atomic E-state index is 8.76. The van der Waals surface area contributed by atoms with Crippen LogP contribution in [0.4, 0.5) is 11.6 Å². The predicted octanol–water partition coefficient (Wildman–Crippen LogP) is 0.485. The number of fused-ring (bicyclic) bond motifs is 1. The molecule has 2 rings (SSSR count). The molecular weight excluding hydrogens is 192 g/mol. The first-order valence-corrected chi connectivity index (χ1v) is 5.23. The lowest BCUT2D eigenvalue weighted by Gasteiger charge is -2.23. The summed E-state index contributed by atoms with van der Waals surface area (Å²) in [5, 5.41) is 15.1. The van der Waals surface area contributed by atoms with Gasteiger partial charge in [-0.15, -0.1) is 0 Å². The first-order chi connectivity index (χ1) is 7.31. The van der Waals surface area contributed by atoms with Gasteiger partial charge in [0.2, 0.25) is 0 Å². The van der Waals surface area contributed by atoms with Gasteiger partial charge in [-0.3, -0.25) is 0 Å². The van der Waals surface area contributed by atoms with Crippen molar-refractivity contribution in [3.63, 3.8) is 0 Å². The molecule has 1 aromatic rings. The second-order valence-electron chi connectivity index (χ2n) is 3.89. The summed E-state index contributed by atoms with van der Waals surface area (Å²) in [5.41, 5.74) is 1.13. The molecule has 2 heterocycles. The molecule has 82 valence electrons. The quantitative estimate of drug-likeness (QED) is 0.674. The number of nitrogens with one attached hydrogen (secondary N) is 2. The van der Waals surface area contributed by atoms with Gasteiger partial charge in [-0.05, 0) is 12.3 Å². The molecule has 0 saturated heterocycles. The summed E-state index contributed by atoms with van der Waals surface area (Å²) in [4.78, 5) is 8.39. The second kappa shape index (κ2) is 4.44. The van der Waals surface area contributed by atoms with Crippen molar-refractivity contribution in [2.75, 3.05) is 30.3 Å². The minimum Gasteiger partial charge on any atom is -0.395 e. The number of nitrogens with zero attached hydrogens (tertiary/aromatic N) is 2. The highest BCUT2D eigenvalue weighted by Gasteiger charge is 2.19. The van der Waals surface area contributed by atoms with Crippen LogP contribution in [0.5, 0.6) is 0 Å². The lowest BCUT2D eigenvalue weighted by molar-refractivity contribution is 0.311. The van der Waals surface area contributed by atoms with Crippen LogP contribution in [0.2, 0.25) is 0 Å². The van der Waals surface area contributed by atoms with Crippen molar-refractivity contribution in [2.24, 2.45) is 5.92 Å². The molecule has 1 aliphatic rings. The molecule has 0 saturated carbocycles.